The van der Waals surface area contributed by atoms with Gasteiger partial charge in [-0.15, -0.1) is 0 Å². The van der Waals surface area contributed by atoms with Crippen LogP contribution in [0, 0.1) is 6.92 Å². The highest BCUT2D eigenvalue weighted by Crippen LogP contribution is 2.34. The van der Waals surface area contributed by atoms with Crippen molar-refractivity contribution in [3.8, 4) is 17.2 Å². The Morgan fingerprint density at radius 1 is 0.861 bits per heavy atom. The summed E-state index contributed by atoms with van der Waals surface area (Å²) >= 11 is 0. The molecule has 3 heterocycles. The van der Waals surface area contributed by atoms with Gasteiger partial charge in [0.2, 0.25) is 0 Å². The molecule has 0 saturated heterocycles. The monoisotopic (exact) mass is 485 g/mol. The van der Waals surface area contributed by atoms with Crippen LogP contribution < -0.4 is 15.0 Å². The maximum Gasteiger partial charge on any atom is 0.265 e. The number of methoxy groups -OCH3 is 2. The van der Waals surface area contributed by atoms with E-state index in [1.165, 1.54) is 19.3 Å². The third-order valence-electron chi connectivity index (χ3n) is 6.67. The van der Waals surface area contributed by atoms with Crippen LogP contribution in [-0.4, -0.2) is 38.3 Å². The molecule has 0 aliphatic rings. The molecule has 5 aromatic rings. The van der Waals surface area contributed by atoms with Crippen LogP contribution in [-0.2, 0) is 6.54 Å². The SMILES string of the molecule is CCCCCCCn1c(C)nc2c(c1=O)c1nc3ccccc3nc1n2-c1cc(OC)ccc1OC. The lowest BCUT2D eigenvalue weighted by atomic mass is 10.1. The molecule has 8 heteroatoms. The second kappa shape index (κ2) is 9.97. The van der Waals surface area contributed by atoms with Crippen molar-refractivity contribution in [1.29, 1.82) is 0 Å². The fourth-order valence-corrected chi connectivity index (χ4v) is 4.77. The van der Waals surface area contributed by atoms with Gasteiger partial charge >= 0.3 is 0 Å². The van der Waals surface area contributed by atoms with Crippen LogP contribution in [0.25, 0.3) is 38.9 Å². The standard InChI is InChI=1S/C28H31N5O3/c1-5-6-7-8-11-16-32-18(2)29-26-24(28(32)34)25-27(31-21-13-10-9-12-20(21)30-25)33(26)22-17-19(35-3)14-15-23(22)36-4/h9-10,12-15,17H,5-8,11,16H2,1-4H3. The first-order valence-corrected chi connectivity index (χ1v) is 12.5. The number of ether oxygens (including phenoxy) is 2. The van der Waals surface area contributed by atoms with E-state index in [9.17, 15) is 4.79 Å². The maximum absolute atomic E-state index is 13.9. The minimum Gasteiger partial charge on any atom is -0.497 e. The average molecular weight is 486 g/mol. The molecule has 0 aliphatic heterocycles. The van der Waals surface area contributed by atoms with Gasteiger partial charge in [-0.25, -0.2) is 15.0 Å². The molecule has 0 atom stereocenters. The topological polar surface area (TPSA) is 84.1 Å². The first kappa shape index (κ1) is 23.8. The van der Waals surface area contributed by atoms with Crippen molar-refractivity contribution in [3.05, 3.63) is 58.6 Å². The lowest BCUT2D eigenvalue weighted by Crippen LogP contribution is -2.24. The van der Waals surface area contributed by atoms with Crippen molar-refractivity contribution in [2.45, 2.75) is 52.5 Å². The molecule has 8 nitrogen and oxygen atoms in total. The second-order valence-corrected chi connectivity index (χ2v) is 8.99. The van der Waals surface area contributed by atoms with Crippen molar-refractivity contribution in [1.82, 2.24) is 24.1 Å². The van der Waals surface area contributed by atoms with E-state index in [1.807, 2.05) is 54.0 Å². The quantitative estimate of drug-likeness (QED) is 0.254. The van der Waals surface area contributed by atoms with Gasteiger partial charge in [-0.05, 0) is 37.6 Å². The molecule has 0 radical (unpaired) electrons. The summed E-state index contributed by atoms with van der Waals surface area (Å²) in [4.78, 5) is 28.7. The van der Waals surface area contributed by atoms with Gasteiger partial charge in [-0.1, -0.05) is 44.7 Å². The van der Waals surface area contributed by atoms with Gasteiger partial charge in [-0.2, -0.15) is 0 Å². The Balaban J connectivity index is 1.81. The van der Waals surface area contributed by atoms with Crippen LogP contribution in [0.4, 0.5) is 0 Å². The minimum absolute atomic E-state index is 0.0943. The minimum atomic E-state index is -0.0943. The molecule has 0 unspecified atom stereocenters. The van der Waals surface area contributed by atoms with Crippen LogP contribution in [0.5, 0.6) is 11.5 Å². The van der Waals surface area contributed by atoms with Gasteiger partial charge in [0, 0.05) is 12.6 Å². The fraction of sp³-hybridized carbons (Fsp3) is 0.357. The second-order valence-electron chi connectivity index (χ2n) is 8.99. The summed E-state index contributed by atoms with van der Waals surface area (Å²) in [6, 6.07) is 13.2. The zero-order valence-electron chi connectivity index (χ0n) is 21.2. The zero-order chi connectivity index (χ0) is 25.2. The number of hydrogen-bond acceptors (Lipinski definition) is 6. The van der Waals surface area contributed by atoms with Gasteiger partial charge in [-0.3, -0.25) is 13.9 Å². The Hall–Kier alpha value is -3.94. The molecular weight excluding hydrogens is 454 g/mol. The van der Waals surface area contributed by atoms with E-state index in [0.717, 1.165) is 23.9 Å². The lowest BCUT2D eigenvalue weighted by molar-refractivity contribution is 0.402. The predicted molar refractivity (Wildman–Crippen MR) is 143 cm³/mol. The third kappa shape index (κ3) is 4.06. The van der Waals surface area contributed by atoms with E-state index < -0.39 is 0 Å². The molecule has 3 aromatic heterocycles. The molecule has 0 saturated carbocycles. The van der Waals surface area contributed by atoms with E-state index in [0.29, 0.717) is 51.8 Å². The van der Waals surface area contributed by atoms with Crippen molar-refractivity contribution in [2.24, 2.45) is 0 Å². The smallest absolute Gasteiger partial charge is 0.265 e. The predicted octanol–water partition coefficient (Wildman–Crippen LogP) is 5.58. The highest BCUT2D eigenvalue weighted by atomic mass is 16.5. The van der Waals surface area contributed by atoms with Crippen molar-refractivity contribution < 1.29 is 9.47 Å². The van der Waals surface area contributed by atoms with E-state index in [-0.39, 0.29) is 5.56 Å². The summed E-state index contributed by atoms with van der Waals surface area (Å²) in [7, 11) is 3.23. The lowest BCUT2D eigenvalue weighted by Gasteiger charge is -2.14. The van der Waals surface area contributed by atoms with E-state index in [1.54, 1.807) is 18.8 Å². The van der Waals surface area contributed by atoms with Crippen molar-refractivity contribution >= 4 is 33.2 Å². The van der Waals surface area contributed by atoms with Crippen LogP contribution >= 0.6 is 0 Å². The normalized spacial score (nSPS) is 11.6. The number of aryl methyl sites for hydroxylation is 1. The fourth-order valence-electron chi connectivity index (χ4n) is 4.77. The molecule has 0 amide bonds. The highest BCUT2D eigenvalue weighted by molar-refractivity contribution is 6.06. The first-order valence-electron chi connectivity index (χ1n) is 12.5. The molecule has 0 aliphatic carbocycles. The number of hydrogen-bond donors (Lipinski definition) is 0. The molecule has 0 spiro atoms. The number of nitrogens with zero attached hydrogens (tertiary/aromatic N) is 5. The van der Waals surface area contributed by atoms with Crippen LogP contribution in [0.3, 0.4) is 0 Å². The van der Waals surface area contributed by atoms with Gasteiger partial charge < -0.3 is 9.47 Å². The third-order valence-corrected chi connectivity index (χ3v) is 6.67. The maximum atomic E-state index is 13.9. The van der Waals surface area contributed by atoms with Gasteiger partial charge in [0.15, 0.2) is 11.3 Å². The summed E-state index contributed by atoms with van der Waals surface area (Å²) in [5.41, 5.74) is 3.66. The van der Waals surface area contributed by atoms with Gasteiger partial charge in [0.05, 0.1) is 30.9 Å². The Labute approximate surface area is 209 Å². The first-order chi connectivity index (χ1) is 17.6. The number of unbranched alkanes of at least 4 members (excludes halogenated alkanes) is 4. The average Bonchev–Trinajstić information content (AvgIpc) is 3.20. The number of aromatic nitrogens is 5. The number of fused-ring (bicyclic) bond motifs is 4. The van der Waals surface area contributed by atoms with E-state index in [4.69, 9.17) is 24.4 Å². The largest absolute Gasteiger partial charge is 0.497 e. The molecule has 2 aromatic carbocycles. The van der Waals surface area contributed by atoms with Crippen LogP contribution in [0.2, 0.25) is 0 Å². The summed E-state index contributed by atoms with van der Waals surface area (Å²) in [5.74, 6) is 1.94. The van der Waals surface area contributed by atoms with Crippen molar-refractivity contribution in [3.63, 3.8) is 0 Å². The van der Waals surface area contributed by atoms with Crippen LogP contribution in [0.15, 0.2) is 47.3 Å². The highest BCUT2D eigenvalue weighted by Gasteiger charge is 2.24. The Kier molecular flexibility index (Phi) is 6.59. The molecule has 0 bridgehead atoms. The number of para-hydroxylation sites is 2. The number of rotatable bonds is 9. The molecule has 36 heavy (non-hydrogen) atoms. The summed E-state index contributed by atoms with van der Waals surface area (Å²) < 4.78 is 14.8. The van der Waals surface area contributed by atoms with E-state index in [2.05, 4.69) is 6.92 Å². The summed E-state index contributed by atoms with van der Waals surface area (Å²) in [6.45, 7) is 4.72. The Morgan fingerprint density at radius 3 is 2.33 bits per heavy atom. The molecule has 186 valence electrons. The Bertz CT molecular complexity index is 1620. The summed E-state index contributed by atoms with van der Waals surface area (Å²) in [6.07, 6.45) is 5.60. The van der Waals surface area contributed by atoms with E-state index >= 15 is 0 Å². The van der Waals surface area contributed by atoms with Gasteiger partial charge in [0.1, 0.15) is 28.2 Å². The zero-order valence-corrected chi connectivity index (χ0v) is 21.2. The molecule has 5 rings (SSSR count). The molecule has 0 N–H and O–H groups in total. The molecular formula is C28H31N5O3. The Morgan fingerprint density at radius 2 is 1.61 bits per heavy atom. The van der Waals surface area contributed by atoms with Crippen molar-refractivity contribution in [2.75, 3.05) is 14.2 Å². The number of benzene rings is 2. The molecule has 0 fully saturated rings. The van der Waals surface area contributed by atoms with Crippen LogP contribution in [0.1, 0.15) is 44.9 Å². The summed E-state index contributed by atoms with van der Waals surface area (Å²) in [5, 5.41) is 0.465. The van der Waals surface area contributed by atoms with Gasteiger partial charge in [0.25, 0.3) is 5.56 Å².